The van der Waals surface area contributed by atoms with Crippen LogP contribution in [0.15, 0.2) is 12.6 Å². The molecule has 2 rings (SSSR count). The smallest absolute Gasteiger partial charge is 0.181 e. The predicted molar refractivity (Wildman–Crippen MR) is 58.7 cm³/mol. The number of nitrogen functional groups attached to an aromatic ring is 1. The predicted octanol–water partition coefficient (Wildman–Crippen LogP) is 3.19. The van der Waals surface area contributed by atoms with Gasteiger partial charge in [0.05, 0.1) is 4.70 Å². The third-order valence-corrected chi connectivity index (χ3v) is 2.92. The molecule has 0 fully saturated rings. The molecule has 0 radical (unpaired) electrons. The lowest BCUT2D eigenvalue weighted by Crippen LogP contribution is -1.90. The van der Waals surface area contributed by atoms with Crippen LogP contribution in [0.3, 0.4) is 0 Å². The standard InChI is InChI=1S/C10H8F2N2S/c1-4(2)7-5(11)3-6(12)8-9(7)15-10(13)14-8/h3H,1H2,2H3,(H2,13,14). The first-order valence-electron chi connectivity index (χ1n) is 4.20. The molecule has 0 unspecified atom stereocenters. The normalized spacial score (nSPS) is 10.9. The molecule has 0 amide bonds. The van der Waals surface area contributed by atoms with Crippen LogP contribution in [0.4, 0.5) is 13.9 Å². The highest BCUT2D eigenvalue weighted by Gasteiger charge is 2.16. The number of fused-ring (bicyclic) bond motifs is 1. The van der Waals surface area contributed by atoms with Crippen LogP contribution >= 0.6 is 11.3 Å². The van der Waals surface area contributed by atoms with E-state index in [9.17, 15) is 8.78 Å². The quantitative estimate of drug-likeness (QED) is 0.811. The minimum atomic E-state index is -0.694. The third kappa shape index (κ3) is 1.48. The molecule has 0 bridgehead atoms. The van der Waals surface area contributed by atoms with Crippen molar-refractivity contribution in [3.8, 4) is 0 Å². The number of halogens is 2. The maximum Gasteiger partial charge on any atom is 0.181 e. The zero-order valence-corrected chi connectivity index (χ0v) is 8.79. The topological polar surface area (TPSA) is 38.9 Å². The first-order valence-corrected chi connectivity index (χ1v) is 5.02. The Morgan fingerprint density at radius 2 is 2.13 bits per heavy atom. The van der Waals surface area contributed by atoms with E-state index in [0.717, 1.165) is 17.4 Å². The van der Waals surface area contributed by atoms with Crippen molar-refractivity contribution >= 4 is 32.3 Å². The zero-order valence-electron chi connectivity index (χ0n) is 7.97. The number of rotatable bonds is 1. The lowest BCUT2D eigenvalue weighted by Gasteiger charge is -2.03. The third-order valence-electron chi connectivity index (χ3n) is 2.02. The number of benzene rings is 1. The van der Waals surface area contributed by atoms with Crippen LogP contribution < -0.4 is 5.73 Å². The summed E-state index contributed by atoms with van der Waals surface area (Å²) < 4.78 is 27.2. The van der Waals surface area contributed by atoms with Crippen molar-refractivity contribution in [2.24, 2.45) is 0 Å². The molecule has 15 heavy (non-hydrogen) atoms. The summed E-state index contributed by atoms with van der Waals surface area (Å²) in [7, 11) is 0. The summed E-state index contributed by atoms with van der Waals surface area (Å²) in [5.41, 5.74) is 6.40. The van der Waals surface area contributed by atoms with Gasteiger partial charge in [-0.15, -0.1) is 0 Å². The molecule has 0 saturated carbocycles. The van der Waals surface area contributed by atoms with Crippen molar-refractivity contribution in [1.82, 2.24) is 4.98 Å². The van der Waals surface area contributed by atoms with E-state index < -0.39 is 11.6 Å². The van der Waals surface area contributed by atoms with E-state index in [2.05, 4.69) is 11.6 Å². The Hall–Kier alpha value is -1.49. The fourth-order valence-electron chi connectivity index (χ4n) is 1.43. The Balaban J connectivity index is 2.95. The van der Waals surface area contributed by atoms with E-state index in [1.165, 1.54) is 0 Å². The van der Waals surface area contributed by atoms with Crippen LogP contribution in [-0.4, -0.2) is 4.98 Å². The maximum atomic E-state index is 13.5. The number of nitrogens with zero attached hydrogens (tertiary/aromatic N) is 1. The summed E-state index contributed by atoms with van der Waals surface area (Å²) in [5.74, 6) is -1.32. The molecular weight excluding hydrogens is 218 g/mol. The average molecular weight is 226 g/mol. The molecule has 0 aliphatic carbocycles. The number of allylic oxidation sites excluding steroid dienone is 1. The molecule has 2 aromatic rings. The van der Waals surface area contributed by atoms with Crippen molar-refractivity contribution in [2.75, 3.05) is 5.73 Å². The first kappa shape index (κ1) is 10.0. The van der Waals surface area contributed by atoms with Crippen molar-refractivity contribution in [3.63, 3.8) is 0 Å². The highest BCUT2D eigenvalue weighted by molar-refractivity contribution is 7.22. The summed E-state index contributed by atoms with van der Waals surface area (Å²) in [6, 6.07) is 0.811. The number of nitrogens with two attached hydrogens (primary N) is 1. The molecule has 0 aliphatic heterocycles. The van der Waals surface area contributed by atoms with Gasteiger partial charge in [0.2, 0.25) is 0 Å². The van der Waals surface area contributed by atoms with Crippen LogP contribution in [0, 0.1) is 11.6 Å². The Morgan fingerprint density at radius 3 is 2.73 bits per heavy atom. The maximum absolute atomic E-state index is 13.5. The second-order valence-electron chi connectivity index (χ2n) is 3.23. The Morgan fingerprint density at radius 1 is 1.47 bits per heavy atom. The van der Waals surface area contributed by atoms with Gasteiger partial charge in [-0.05, 0) is 12.5 Å². The summed E-state index contributed by atoms with van der Waals surface area (Å²) in [5, 5.41) is 0.219. The number of thiazole rings is 1. The zero-order chi connectivity index (χ0) is 11.2. The minimum absolute atomic E-state index is 0.108. The molecule has 78 valence electrons. The molecule has 1 heterocycles. The Bertz CT molecular complexity index is 560. The van der Waals surface area contributed by atoms with Crippen LogP contribution in [0.1, 0.15) is 12.5 Å². The van der Waals surface area contributed by atoms with E-state index in [1.54, 1.807) is 6.92 Å². The van der Waals surface area contributed by atoms with Crippen LogP contribution in [0.2, 0.25) is 0 Å². The molecule has 0 saturated heterocycles. The summed E-state index contributed by atoms with van der Waals surface area (Å²) in [6.45, 7) is 5.31. The average Bonchev–Trinajstić information content (AvgIpc) is 2.45. The van der Waals surface area contributed by atoms with Crippen LogP contribution in [-0.2, 0) is 0 Å². The van der Waals surface area contributed by atoms with E-state index >= 15 is 0 Å². The SMILES string of the molecule is C=C(C)c1c(F)cc(F)c2nc(N)sc12. The summed E-state index contributed by atoms with van der Waals surface area (Å²) in [4.78, 5) is 3.81. The van der Waals surface area contributed by atoms with Gasteiger partial charge < -0.3 is 5.73 Å². The van der Waals surface area contributed by atoms with Gasteiger partial charge in [-0.3, -0.25) is 0 Å². The lowest BCUT2D eigenvalue weighted by atomic mass is 10.1. The summed E-state index contributed by atoms with van der Waals surface area (Å²) in [6.07, 6.45) is 0. The monoisotopic (exact) mass is 226 g/mol. The molecule has 0 aliphatic rings. The second kappa shape index (κ2) is 3.27. The molecule has 2 N–H and O–H groups in total. The fourth-order valence-corrected chi connectivity index (χ4v) is 2.39. The van der Waals surface area contributed by atoms with E-state index in [4.69, 9.17) is 5.73 Å². The second-order valence-corrected chi connectivity index (χ2v) is 4.26. The van der Waals surface area contributed by atoms with Gasteiger partial charge in [0, 0.05) is 11.6 Å². The number of aromatic nitrogens is 1. The lowest BCUT2D eigenvalue weighted by molar-refractivity contribution is 0.589. The highest BCUT2D eigenvalue weighted by Crippen LogP contribution is 2.34. The molecule has 1 aromatic carbocycles. The van der Waals surface area contributed by atoms with E-state index in [0.29, 0.717) is 15.8 Å². The number of hydrogen-bond acceptors (Lipinski definition) is 3. The highest BCUT2D eigenvalue weighted by atomic mass is 32.1. The Kier molecular flexibility index (Phi) is 2.19. The fraction of sp³-hybridized carbons (Fsp3) is 0.100. The van der Waals surface area contributed by atoms with Gasteiger partial charge in [-0.25, -0.2) is 13.8 Å². The van der Waals surface area contributed by atoms with Crippen molar-refractivity contribution in [2.45, 2.75) is 6.92 Å². The van der Waals surface area contributed by atoms with Gasteiger partial charge in [-0.1, -0.05) is 17.9 Å². The van der Waals surface area contributed by atoms with Crippen molar-refractivity contribution < 1.29 is 8.78 Å². The van der Waals surface area contributed by atoms with E-state index in [1.807, 2.05) is 0 Å². The molecular formula is C10H8F2N2S. The van der Waals surface area contributed by atoms with Gasteiger partial charge in [0.25, 0.3) is 0 Å². The van der Waals surface area contributed by atoms with Crippen molar-refractivity contribution in [3.05, 3.63) is 29.8 Å². The first-order chi connectivity index (χ1) is 7.00. The summed E-state index contributed by atoms with van der Waals surface area (Å²) >= 11 is 1.06. The number of hydrogen-bond donors (Lipinski definition) is 1. The van der Waals surface area contributed by atoms with Gasteiger partial charge in [0.1, 0.15) is 11.3 Å². The van der Waals surface area contributed by atoms with Gasteiger partial charge >= 0.3 is 0 Å². The van der Waals surface area contributed by atoms with E-state index in [-0.39, 0.29) is 10.6 Å². The molecule has 0 atom stereocenters. The van der Waals surface area contributed by atoms with Gasteiger partial charge in [-0.2, -0.15) is 0 Å². The number of anilines is 1. The van der Waals surface area contributed by atoms with Crippen molar-refractivity contribution in [1.29, 1.82) is 0 Å². The molecule has 5 heteroatoms. The van der Waals surface area contributed by atoms with Crippen LogP contribution in [0.5, 0.6) is 0 Å². The van der Waals surface area contributed by atoms with Gasteiger partial charge in [0.15, 0.2) is 10.9 Å². The largest absolute Gasteiger partial charge is 0.375 e. The Labute approximate surface area is 89.0 Å². The minimum Gasteiger partial charge on any atom is -0.375 e. The molecule has 2 nitrogen and oxygen atoms in total. The molecule has 1 aromatic heterocycles. The van der Waals surface area contributed by atoms with Crippen LogP contribution in [0.25, 0.3) is 15.8 Å². The molecule has 0 spiro atoms.